The summed E-state index contributed by atoms with van der Waals surface area (Å²) in [5.74, 6) is 1.98. The molecule has 0 saturated carbocycles. The molecule has 0 atom stereocenters. The van der Waals surface area contributed by atoms with Gasteiger partial charge in [-0.25, -0.2) is 9.97 Å². The van der Waals surface area contributed by atoms with Gasteiger partial charge in [0.15, 0.2) is 0 Å². The predicted molar refractivity (Wildman–Crippen MR) is 79.7 cm³/mol. The van der Waals surface area contributed by atoms with Crippen LogP contribution in [0, 0.1) is 0 Å². The molecule has 1 saturated heterocycles. The van der Waals surface area contributed by atoms with Crippen LogP contribution in [0.2, 0.25) is 0 Å². The first-order valence-electron chi connectivity index (χ1n) is 7.31. The zero-order valence-corrected chi connectivity index (χ0v) is 12.0. The van der Waals surface area contributed by atoms with Crippen LogP contribution in [0.15, 0.2) is 12.4 Å². The summed E-state index contributed by atoms with van der Waals surface area (Å²) in [5.41, 5.74) is 0. The summed E-state index contributed by atoms with van der Waals surface area (Å²) in [4.78, 5) is 11.0. The topological polar surface area (TPSA) is 53.1 Å². The van der Waals surface area contributed by atoms with Crippen LogP contribution < -0.4 is 15.5 Å². The van der Waals surface area contributed by atoms with E-state index in [2.05, 4.69) is 38.5 Å². The first kappa shape index (κ1) is 14.1. The molecular formula is C14H25N5. The quantitative estimate of drug-likeness (QED) is 0.768. The van der Waals surface area contributed by atoms with Gasteiger partial charge in [-0.1, -0.05) is 13.3 Å². The molecule has 2 heterocycles. The Balaban J connectivity index is 1.91. The fourth-order valence-electron chi connectivity index (χ4n) is 2.41. The zero-order valence-electron chi connectivity index (χ0n) is 12.0. The highest BCUT2D eigenvalue weighted by Crippen LogP contribution is 2.19. The van der Waals surface area contributed by atoms with Crippen molar-refractivity contribution in [3.05, 3.63) is 12.4 Å². The van der Waals surface area contributed by atoms with Gasteiger partial charge in [-0.15, -0.1) is 0 Å². The van der Waals surface area contributed by atoms with Crippen molar-refractivity contribution in [2.75, 3.05) is 36.9 Å². The Morgan fingerprint density at radius 3 is 2.79 bits per heavy atom. The van der Waals surface area contributed by atoms with Gasteiger partial charge in [0.05, 0.1) is 0 Å². The molecule has 0 bridgehead atoms. The lowest BCUT2D eigenvalue weighted by Crippen LogP contribution is -2.41. The summed E-state index contributed by atoms with van der Waals surface area (Å²) >= 11 is 0. The number of aromatic nitrogens is 2. The second-order valence-electron chi connectivity index (χ2n) is 5.09. The number of rotatable bonds is 6. The number of nitrogens with zero attached hydrogens (tertiary/aromatic N) is 3. The van der Waals surface area contributed by atoms with E-state index in [1.54, 1.807) is 6.33 Å². The number of anilines is 2. The highest BCUT2D eigenvalue weighted by molar-refractivity contribution is 5.48. The van der Waals surface area contributed by atoms with Crippen LogP contribution in [0.3, 0.4) is 0 Å². The van der Waals surface area contributed by atoms with Gasteiger partial charge < -0.3 is 15.5 Å². The van der Waals surface area contributed by atoms with Gasteiger partial charge in [0, 0.05) is 31.7 Å². The average molecular weight is 263 g/mol. The molecular weight excluding hydrogens is 238 g/mol. The minimum Gasteiger partial charge on any atom is -0.370 e. The van der Waals surface area contributed by atoms with Gasteiger partial charge in [0.1, 0.15) is 18.0 Å². The number of piperidine rings is 1. The van der Waals surface area contributed by atoms with Crippen LogP contribution >= 0.6 is 0 Å². The largest absolute Gasteiger partial charge is 0.370 e. The molecule has 0 amide bonds. The Morgan fingerprint density at radius 2 is 2.11 bits per heavy atom. The number of hydrogen-bond donors (Lipinski definition) is 2. The molecule has 1 aromatic heterocycles. The van der Waals surface area contributed by atoms with Crippen LogP contribution in [-0.4, -0.2) is 42.7 Å². The third-order valence-electron chi connectivity index (χ3n) is 3.72. The van der Waals surface area contributed by atoms with E-state index in [9.17, 15) is 0 Å². The molecule has 2 N–H and O–H groups in total. The van der Waals surface area contributed by atoms with E-state index in [0.717, 1.165) is 31.3 Å². The molecule has 0 aromatic carbocycles. The van der Waals surface area contributed by atoms with Crippen molar-refractivity contribution < 1.29 is 0 Å². The van der Waals surface area contributed by atoms with Crippen molar-refractivity contribution in [1.82, 2.24) is 15.3 Å². The van der Waals surface area contributed by atoms with Crippen molar-refractivity contribution in [1.29, 1.82) is 0 Å². The van der Waals surface area contributed by atoms with Gasteiger partial charge in [0.2, 0.25) is 0 Å². The molecule has 5 nitrogen and oxygen atoms in total. The standard InChI is InChI=1S/C14H25N5/c1-3-4-7-16-13-10-14(18-11-17-13)19-8-5-12(15-2)6-9-19/h10-12,15H,3-9H2,1-2H3,(H,16,17,18). The van der Waals surface area contributed by atoms with Crippen LogP contribution in [0.4, 0.5) is 11.6 Å². The lowest BCUT2D eigenvalue weighted by Gasteiger charge is -2.32. The molecule has 1 aliphatic rings. The summed E-state index contributed by atoms with van der Waals surface area (Å²) in [6, 6.07) is 2.72. The highest BCUT2D eigenvalue weighted by Gasteiger charge is 2.18. The van der Waals surface area contributed by atoms with Crippen molar-refractivity contribution in [2.45, 2.75) is 38.6 Å². The van der Waals surface area contributed by atoms with Crippen molar-refractivity contribution in [3.63, 3.8) is 0 Å². The molecule has 1 fully saturated rings. The summed E-state index contributed by atoms with van der Waals surface area (Å²) in [6.45, 7) is 5.31. The van der Waals surface area contributed by atoms with Crippen molar-refractivity contribution in [2.24, 2.45) is 0 Å². The van der Waals surface area contributed by atoms with E-state index in [0.29, 0.717) is 6.04 Å². The molecule has 5 heteroatoms. The maximum absolute atomic E-state index is 4.40. The first-order chi connectivity index (χ1) is 9.33. The molecule has 1 aliphatic heterocycles. The zero-order chi connectivity index (χ0) is 13.5. The van der Waals surface area contributed by atoms with E-state index in [-0.39, 0.29) is 0 Å². The van der Waals surface area contributed by atoms with Crippen LogP contribution in [0.1, 0.15) is 32.6 Å². The van der Waals surface area contributed by atoms with Gasteiger partial charge >= 0.3 is 0 Å². The Hall–Kier alpha value is -1.36. The molecule has 19 heavy (non-hydrogen) atoms. The second-order valence-corrected chi connectivity index (χ2v) is 5.09. The molecule has 0 aliphatic carbocycles. The van der Waals surface area contributed by atoms with Crippen LogP contribution in [0.5, 0.6) is 0 Å². The second kappa shape index (κ2) is 7.28. The van der Waals surface area contributed by atoms with Crippen molar-refractivity contribution in [3.8, 4) is 0 Å². The fraction of sp³-hybridized carbons (Fsp3) is 0.714. The summed E-state index contributed by atoms with van der Waals surface area (Å²) < 4.78 is 0. The summed E-state index contributed by atoms with van der Waals surface area (Å²) in [5, 5.41) is 6.70. The number of hydrogen-bond acceptors (Lipinski definition) is 5. The molecule has 106 valence electrons. The Kier molecular flexibility index (Phi) is 5.39. The van der Waals surface area contributed by atoms with Crippen molar-refractivity contribution >= 4 is 11.6 Å². The molecule has 0 spiro atoms. The Labute approximate surface area is 115 Å². The Bertz CT molecular complexity index is 374. The smallest absolute Gasteiger partial charge is 0.134 e. The number of nitrogens with one attached hydrogen (secondary N) is 2. The fourth-order valence-corrected chi connectivity index (χ4v) is 2.41. The summed E-state index contributed by atoms with van der Waals surface area (Å²) in [6.07, 6.45) is 6.39. The lowest BCUT2D eigenvalue weighted by atomic mass is 10.1. The summed E-state index contributed by atoms with van der Waals surface area (Å²) in [7, 11) is 2.04. The van der Waals surface area contributed by atoms with Gasteiger partial charge in [-0.2, -0.15) is 0 Å². The third kappa shape index (κ3) is 4.06. The minimum atomic E-state index is 0.653. The number of unbranched alkanes of at least 4 members (excludes halogenated alkanes) is 1. The van der Waals surface area contributed by atoms with Crippen LogP contribution in [-0.2, 0) is 0 Å². The molecule has 1 aromatic rings. The maximum atomic E-state index is 4.40. The normalized spacial score (nSPS) is 16.6. The van der Waals surface area contributed by atoms with Crippen LogP contribution in [0.25, 0.3) is 0 Å². The van der Waals surface area contributed by atoms with E-state index in [4.69, 9.17) is 0 Å². The lowest BCUT2D eigenvalue weighted by molar-refractivity contribution is 0.440. The highest BCUT2D eigenvalue weighted by atomic mass is 15.2. The molecule has 2 rings (SSSR count). The minimum absolute atomic E-state index is 0.653. The first-order valence-corrected chi connectivity index (χ1v) is 7.31. The third-order valence-corrected chi connectivity index (χ3v) is 3.72. The van der Waals surface area contributed by atoms with E-state index in [1.165, 1.54) is 25.7 Å². The average Bonchev–Trinajstić information content (AvgIpc) is 2.48. The maximum Gasteiger partial charge on any atom is 0.134 e. The van der Waals surface area contributed by atoms with E-state index in [1.807, 2.05) is 7.05 Å². The SMILES string of the molecule is CCCCNc1cc(N2CCC(NC)CC2)ncn1. The van der Waals surface area contributed by atoms with E-state index < -0.39 is 0 Å². The van der Waals surface area contributed by atoms with Gasteiger partial charge in [-0.3, -0.25) is 0 Å². The van der Waals surface area contributed by atoms with Gasteiger partial charge in [-0.05, 0) is 26.3 Å². The van der Waals surface area contributed by atoms with Gasteiger partial charge in [0.25, 0.3) is 0 Å². The van der Waals surface area contributed by atoms with E-state index >= 15 is 0 Å². The molecule has 0 unspecified atom stereocenters. The monoisotopic (exact) mass is 263 g/mol. The molecule has 0 radical (unpaired) electrons. The Morgan fingerprint density at radius 1 is 1.32 bits per heavy atom. The predicted octanol–water partition coefficient (Wildman–Crippen LogP) is 1.88.